The molecule has 0 spiro atoms. The smallest absolute Gasteiger partial charge is 0.416 e. The van der Waals surface area contributed by atoms with Crippen LogP contribution in [0.25, 0.3) is 5.57 Å². The third-order valence-corrected chi connectivity index (χ3v) is 8.31. The summed E-state index contributed by atoms with van der Waals surface area (Å²) >= 11 is 0. The van der Waals surface area contributed by atoms with E-state index in [4.69, 9.17) is 14.2 Å². The molecule has 13 heteroatoms. The summed E-state index contributed by atoms with van der Waals surface area (Å²) in [5.74, 6) is -0.792. The van der Waals surface area contributed by atoms with Crippen molar-refractivity contribution in [1.82, 2.24) is 0 Å². The van der Waals surface area contributed by atoms with Crippen molar-refractivity contribution in [3.8, 4) is 5.75 Å². The molecule has 0 fully saturated rings. The molecule has 0 saturated heterocycles. The number of fused-ring (bicyclic) bond motifs is 2. The number of carbonyl (C=O) groups is 1. The molecule has 0 atom stereocenters. The quantitative estimate of drug-likeness (QED) is 0.469. The second kappa shape index (κ2) is 11.2. The van der Waals surface area contributed by atoms with Gasteiger partial charge in [0.05, 0.1) is 43.4 Å². The van der Waals surface area contributed by atoms with Crippen molar-refractivity contribution in [2.45, 2.75) is 24.6 Å². The molecular weight excluding hydrogens is 541 g/mol. The van der Waals surface area contributed by atoms with Crippen LogP contribution in [0, 0.1) is 0 Å². The lowest BCUT2D eigenvalue weighted by molar-refractivity contribution is -0.138. The van der Waals surface area contributed by atoms with Gasteiger partial charge in [-0.25, -0.2) is 8.42 Å². The highest BCUT2D eigenvalue weighted by atomic mass is 32.2. The van der Waals surface area contributed by atoms with Gasteiger partial charge in [0, 0.05) is 43.5 Å². The van der Waals surface area contributed by atoms with E-state index in [2.05, 4.69) is 5.32 Å². The van der Waals surface area contributed by atoms with Gasteiger partial charge in [-0.2, -0.15) is 13.2 Å². The number of hydrogen-bond acceptors (Lipinski definition) is 7. The van der Waals surface area contributed by atoms with Gasteiger partial charge in [0.15, 0.2) is 5.60 Å². The first-order chi connectivity index (χ1) is 18.4. The third kappa shape index (κ3) is 6.06. The second-order valence-electron chi connectivity index (χ2n) is 9.36. The molecular formula is C26H29F3N2O7S. The Balaban J connectivity index is 1.71. The average molecular weight is 571 g/mol. The number of carbonyl (C=O) groups excluding carboxylic acids is 1. The number of hydrogen-bond donors (Lipinski definition) is 2. The van der Waals surface area contributed by atoms with Gasteiger partial charge in [-0.15, -0.1) is 0 Å². The Bertz CT molecular complexity index is 1370. The molecule has 9 nitrogen and oxygen atoms in total. The molecule has 2 aliphatic heterocycles. The summed E-state index contributed by atoms with van der Waals surface area (Å²) in [4.78, 5) is 13.2. The maximum Gasteiger partial charge on any atom is 0.416 e. The van der Waals surface area contributed by atoms with E-state index >= 15 is 0 Å². The standard InChI is InChI=1S/C26H29F3N2O7S/c1-36-15-25(16-37-2)14-17(19-7-6-18(26(27,28)29)13-23(19)38-25)12-24(33)30-21-4-3-5-22-20(21)8-11-39(34,35)31(22)9-10-32/h3-7,12-13,32H,8-11,14-16H2,1-2H3,(H,30,33). The first-order valence-corrected chi connectivity index (χ1v) is 13.7. The molecule has 2 N–H and O–H groups in total. The van der Waals surface area contributed by atoms with Gasteiger partial charge in [0.25, 0.3) is 0 Å². The topological polar surface area (TPSA) is 114 Å². The molecule has 212 valence electrons. The van der Waals surface area contributed by atoms with E-state index in [0.717, 1.165) is 16.4 Å². The zero-order valence-corrected chi connectivity index (χ0v) is 22.2. The Morgan fingerprint density at radius 3 is 2.56 bits per heavy atom. The van der Waals surface area contributed by atoms with Crippen LogP contribution < -0.4 is 14.4 Å². The molecule has 2 aromatic carbocycles. The van der Waals surface area contributed by atoms with E-state index in [1.165, 1.54) is 26.4 Å². The highest BCUT2D eigenvalue weighted by molar-refractivity contribution is 7.92. The number of alkyl halides is 3. The lowest BCUT2D eigenvalue weighted by atomic mass is 9.86. The molecule has 2 aromatic rings. The molecule has 0 saturated carbocycles. The number of ether oxygens (including phenoxy) is 3. The minimum Gasteiger partial charge on any atom is -0.481 e. The Morgan fingerprint density at radius 1 is 1.21 bits per heavy atom. The molecule has 2 aliphatic rings. The van der Waals surface area contributed by atoms with Gasteiger partial charge in [0.1, 0.15) is 5.75 Å². The molecule has 0 aromatic heterocycles. The maximum absolute atomic E-state index is 13.4. The number of aliphatic hydroxyl groups is 1. The van der Waals surface area contributed by atoms with Crippen LogP contribution in [0.15, 0.2) is 42.5 Å². The Hall–Kier alpha value is -3.13. The van der Waals surface area contributed by atoms with Crippen LogP contribution in [0.5, 0.6) is 5.75 Å². The lowest BCUT2D eigenvalue weighted by Crippen LogP contribution is -2.47. The van der Waals surface area contributed by atoms with E-state index in [1.807, 2.05) is 0 Å². The number of nitrogens with one attached hydrogen (secondary N) is 1. The van der Waals surface area contributed by atoms with Crippen LogP contribution in [0.2, 0.25) is 0 Å². The molecule has 1 amide bonds. The Kier molecular flexibility index (Phi) is 8.26. The summed E-state index contributed by atoms with van der Waals surface area (Å²) in [6.07, 6.45) is -3.02. The van der Waals surface area contributed by atoms with Gasteiger partial charge in [-0.1, -0.05) is 12.1 Å². The van der Waals surface area contributed by atoms with Crippen molar-refractivity contribution < 1.29 is 45.7 Å². The summed E-state index contributed by atoms with van der Waals surface area (Å²) in [6.45, 7) is -0.494. The molecule has 39 heavy (non-hydrogen) atoms. The van der Waals surface area contributed by atoms with Crippen molar-refractivity contribution in [2.24, 2.45) is 0 Å². The normalized spacial score (nSPS) is 18.7. The first kappa shape index (κ1) is 28.9. The van der Waals surface area contributed by atoms with Crippen LogP contribution in [-0.2, 0) is 36.9 Å². The van der Waals surface area contributed by atoms with Crippen molar-refractivity contribution in [3.05, 3.63) is 59.2 Å². The minimum absolute atomic E-state index is 0.00313. The van der Waals surface area contributed by atoms with Gasteiger partial charge in [-0.3, -0.25) is 9.10 Å². The van der Waals surface area contributed by atoms with E-state index in [0.29, 0.717) is 28.1 Å². The number of aliphatic hydroxyl groups excluding tert-OH is 1. The third-order valence-electron chi connectivity index (χ3n) is 6.54. The highest BCUT2D eigenvalue weighted by Gasteiger charge is 2.41. The first-order valence-electron chi connectivity index (χ1n) is 12.1. The fourth-order valence-electron chi connectivity index (χ4n) is 4.97. The number of sulfonamides is 1. The number of anilines is 2. The maximum atomic E-state index is 13.4. The second-order valence-corrected chi connectivity index (χ2v) is 11.4. The van der Waals surface area contributed by atoms with Crippen molar-refractivity contribution in [3.63, 3.8) is 0 Å². The van der Waals surface area contributed by atoms with Crippen LogP contribution in [-0.4, -0.2) is 71.4 Å². The number of β-amino-alcohol motifs (C(OH)–C–C–N with tert-alkyl or cyclic N) is 1. The van der Waals surface area contributed by atoms with Crippen molar-refractivity contribution in [2.75, 3.05) is 56.0 Å². The van der Waals surface area contributed by atoms with Crippen molar-refractivity contribution >= 4 is 32.9 Å². The van der Waals surface area contributed by atoms with Crippen LogP contribution in [0.4, 0.5) is 24.5 Å². The SMILES string of the molecule is COCC1(COC)CC(=CC(=O)Nc2cccc3c2CCS(=O)(=O)N3CCO)c2ccc(C(F)(F)F)cc2O1. The largest absolute Gasteiger partial charge is 0.481 e. The number of rotatable bonds is 8. The number of benzene rings is 2. The summed E-state index contributed by atoms with van der Waals surface area (Å²) in [5.41, 5.74) is 0.0553. The van der Waals surface area contributed by atoms with Gasteiger partial charge in [0.2, 0.25) is 15.9 Å². The van der Waals surface area contributed by atoms with E-state index in [1.54, 1.807) is 18.2 Å². The fraction of sp³-hybridized carbons (Fsp3) is 0.423. The molecule has 0 bridgehead atoms. The number of amides is 1. The van der Waals surface area contributed by atoms with E-state index in [9.17, 15) is 31.5 Å². The summed E-state index contributed by atoms with van der Waals surface area (Å²) in [6, 6.07) is 7.92. The lowest BCUT2D eigenvalue weighted by Gasteiger charge is -2.39. The molecule has 4 rings (SSSR count). The molecule has 2 heterocycles. The number of methoxy groups -OCH3 is 2. The van der Waals surface area contributed by atoms with Crippen LogP contribution in [0.1, 0.15) is 23.1 Å². The fourth-order valence-corrected chi connectivity index (χ4v) is 6.49. The van der Waals surface area contributed by atoms with Gasteiger partial charge in [-0.05, 0) is 36.3 Å². The monoisotopic (exact) mass is 570 g/mol. The summed E-state index contributed by atoms with van der Waals surface area (Å²) < 4.78 is 83.0. The minimum atomic E-state index is -4.59. The number of nitrogens with zero attached hydrogens (tertiary/aromatic N) is 1. The predicted molar refractivity (Wildman–Crippen MR) is 138 cm³/mol. The predicted octanol–water partition coefficient (Wildman–Crippen LogP) is 3.23. The van der Waals surface area contributed by atoms with Gasteiger partial charge >= 0.3 is 6.18 Å². The van der Waals surface area contributed by atoms with E-state index < -0.39 is 33.3 Å². The molecule has 0 unspecified atom stereocenters. The van der Waals surface area contributed by atoms with E-state index in [-0.39, 0.29) is 50.7 Å². The van der Waals surface area contributed by atoms with Gasteiger partial charge < -0.3 is 24.6 Å². The zero-order valence-electron chi connectivity index (χ0n) is 21.4. The Labute approximate surface area is 224 Å². The Morgan fingerprint density at radius 2 is 1.92 bits per heavy atom. The number of halogens is 3. The van der Waals surface area contributed by atoms with Crippen LogP contribution >= 0.6 is 0 Å². The van der Waals surface area contributed by atoms with Crippen molar-refractivity contribution in [1.29, 1.82) is 0 Å². The average Bonchev–Trinajstić information content (AvgIpc) is 2.85. The highest BCUT2D eigenvalue weighted by Crippen LogP contribution is 2.44. The summed E-state index contributed by atoms with van der Waals surface area (Å²) in [5, 5.41) is 12.1. The zero-order chi connectivity index (χ0) is 28.4. The van der Waals surface area contributed by atoms with Crippen LogP contribution in [0.3, 0.4) is 0 Å². The molecule has 0 radical (unpaired) electrons. The molecule has 0 aliphatic carbocycles. The summed E-state index contributed by atoms with van der Waals surface area (Å²) in [7, 11) is -0.752.